The number of nitrogens with one attached hydrogen (secondary N) is 1. The number of amides is 1. The van der Waals surface area contributed by atoms with E-state index in [1.54, 1.807) is 7.05 Å². The van der Waals surface area contributed by atoms with Gasteiger partial charge in [0, 0.05) is 11.5 Å². The van der Waals surface area contributed by atoms with Crippen LogP contribution in [-0.2, 0) is 17.9 Å². The number of hydrogen-bond acceptors (Lipinski definition) is 3. The van der Waals surface area contributed by atoms with Gasteiger partial charge in [-0.1, -0.05) is 30.3 Å². The van der Waals surface area contributed by atoms with Gasteiger partial charge in [-0.05, 0) is 57.9 Å². The minimum absolute atomic E-state index is 0.264. The number of fused-ring (bicyclic) bond motifs is 1. The Kier molecular flexibility index (Phi) is 4.68. The molecule has 1 N–H and O–H groups in total. The number of aromatic nitrogens is 2. The highest BCUT2D eigenvalue weighted by atomic mass is 79.9. The third-order valence-corrected chi connectivity index (χ3v) is 5.19. The number of benzene rings is 2. The molecule has 1 aliphatic carbocycles. The molecule has 4 rings (SSSR count). The fraction of sp³-hybridized carbons (Fsp3) is 0.300. The van der Waals surface area contributed by atoms with Crippen molar-refractivity contribution in [2.24, 2.45) is 0 Å². The second-order valence-corrected chi connectivity index (χ2v) is 7.61. The first-order valence-corrected chi connectivity index (χ1v) is 9.49. The summed E-state index contributed by atoms with van der Waals surface area (Å²) in [4.78, 5) is 21.7. The maximum atomic E-state index is 12.2. The van der Waals surface area contributed by atoms with E-state index in [4.69, 9.17) is 4.74 Å². The van der Waals surface area contributed by atoms with Crippen molar-refractivity contribution < 1.29 is 9.53 Å². The summed E-state index contributed by atoms with van der Waals surface area (Å²) in [5.41, 5.74) is 4.20. The highest BCUT2D eigenvalue weighted by Crippen LogP contribution is 2.42. The van der Waals surface area contributed by atoms with E-state index in [1.165, 1.54) is 23.3 Å². The molecule has 6 heteroatoms. The Hall–Kier alpha value is -2.34. The van der Waals surface area contributed by atoms with Crippen LogP contribution in [0.3, 0.4) is 0 Å². The molecule has 26 heavy (non-hydrogen) atoms. The van der Waals surface area contributed by atoms with E-state index in [1.807, 2.05) is 30.3 Å². The molecule has 1 amide bonds. The number of imidazole rings is 1. The zero-order chi connectivity index (χ0) is 18.1. The molecule has 1 fully saturated rings. The van der Waals surface area contributed by atoms with Gasteiger partial charge in [0.2, 0.25) is 0 Å². The Labute approximate surface area is 160 Å². The van der Waals surface area contributed by atoms with Crippen LogP contribution in [0.25, 0.3) is 11.0 Å². The third kappa shape index (κ3) is 3.75. The van der Waals surface area contributed by atoms with Gasteiger partial charge in [-0.2, -0.15) is 0 Å². The van der Waals surface area contributed by atoms with Gasteiger partial charge < -0.3 is 14.6 Å². The maximum absolute atomic E-state index is 12.2. The van der Waals surface area contributed by atoms with Gasteiger partial charge in [0.1, 0.15) is 12.4 Å². The van der Waals surface area contributed by atoms with E-state index in [9.17, 15) is 4.79 Å². The van der Waals surface area contributed by atoms with Crippen molar-refractivity contribution in [1.82, 2.24) is 14.9 Å². The maximum Gasteiger partial charge on any atom is 0.410 e. The van der Waals surface area contributed by atoms with Crippen molar-refractivity contribution in [3.63, 3.8) is 0 Å². The van der Waals surface area contributed by atoms with Crippen LogP contribution in [-0.4, -0.2) is 28.0 Å². The zero-order valence-electron chi connectivity index (χ0n) is 14.5. The predicted octanol–water partition coefficient (Wildman–Crippen LogP) is 4.97. The van der Waals surface area contributed by atoms with Crippen molar-refractivity contribution in [3.05, 3.63) is 63.9 Å². The first-order valence-electron chi connectivity index (χ1n) is 8.70. The topological polar surface area (TPSA) is 58.2 Å². The van der Waals surface area contributed by atoms with Crippen molar-refractivity contribution in [2.75, 3.05) is 7.05 Å². The molecule has 1 heterocycles. The van der Waals surface area contributed by atoms with Crippen LogP contribution in [0.2, 0.25) is 0 Å². The number of ether oxygens (including phenoxy) is 1. The van der Waals surface area contributed by atoms with Crippen LogP contribution < -0.4 is 0 Å². The number of carbonyl (C=O) groups is 1. The number of hydrogen-bond donors (Lipinski definition) is 1. The molecule has 0 aliphatic heterocycles. The molecule has 0 radical (unpaired) electrons. The molecule has 1 aromatic heterocycles. The van der Waals surface area contributed by atoms with Gasteiger partial charge in [-0.25, -0.2) is 9.78 Å². The molecule has 1 aliphatic rings. The lowest BCUT2D eigenvalue weighted by atomic mass is 10.1. The molecule has 5 nitrogen and oxygen atoms in total. The number of carbonyl (C=O) groups excluding carboxylic acids is 1. The second-order valence-electron chi connectivity index (χ2n) is 6.75. The molecule has 3 aromatic rings. The lowest BCUT2D eigenvalue weighted by Gasteiger charge is -2.15. The average Bonchev–Trinajstić information content (AvgIpc) is 3.41. The fourth-order valence-corrected chi connectivity index (χ4v) is 3.55. The standard InChI is InChI=1S/C20H20BrN3O2/c1-24(20(25)26-12-13-5-3-2-4-6-13)11-18-22-17-10-15(14-7-8-14)9-16(21)19(17)23-18/h2-6,9-10,14H,7-8,11-12H2,1H3,(H,22,23). The van der Waals surface area contributed by atoms with Crippen LogP contribution in [0.5, 0.6) is 0 Å². The quantitative estimate of drug-likeness (QED) is 0.641. The lowest BCUT2D eigenvalue weighted by Crippen LogP contribution is -2.27. The van der Waals surface area contributed by atoms with E-state index in [2.05, 4.69) is 38.0 Å². The summed E-state index contributed by atoms with van der Waals surface area (Å²) in [5, 5.41) is 0. The zero-order valence-corrected chi connectivity index (χ0v) is 16.1. The second kappa shape index (κ2) is 7.11. The van der Waals surface area contributed by atoms with Crippen LogP contribution in [0, 0.1) is 0 Å². The SMILES string of the molecule is CN(Cc1nc2cc(C3CC3)cc(Br)c2[nH]1)C(=O)OCc1ccccc1. The average molecular weight is 414 g/mol. The lowest BCUT2D eigenvalue weighted by molar-refractivity contribution is 0.102. The van der Waals surface area contributed by atoms with Gasteiger partial charge in [-0.3, -0.25) is 0 Å². The Morgan fingerprint density at radius 1 is 1.31 bits per heavy atom. The summed E-state index contributed by atoms with van der Waals surface area (Å²) in [6, 6.07) is 14.0. The van der Waals surface area contributed by atoms with E-state index < -0.39 is 0 Å². The first kappa shape index (κ1) is 17.1. The highest BCUT2D eigenvalue weighted by Gasteiger charge is 2.25. The molecular formula is C20H20BrN3O2. The molecule has 0 unspecified atom stereocenters. The summed E-state index contributed by atoms with van der Waals surface area (Å²) >= 11 is 3.63. The number of halogens is 1. The Morgan fingerprint density at radius 2 is 2.08 bits per heavy atom. The predicted molar refractivity (Wildman–Crippen MR) is 104 cm³/mol. The highest BCUT2D eigenvalue weighted by molar-refractivity contribution is 9.10. The molecule has 134 valence electrons. The summed E-state index contributed by atoms with van der Waals surface area (Å²) in [6.07, 6.45) is 2.14. The molecule has 0 atom stereocenters. The van der Waals surface area contributed by atoms with Gasteiger partial charge >= 0.3 is 6.09 Å². The van der Waals surface area contributed by atoms with Crippen LogP contribution in [0.1, 0.15) is 35.7 Å². The molecule has 0 spiro atoms. The number of aromatic amines is 1. The van der Waals surface area contributed by atoms with Gasteiger partial charge in [0.25, 0.3) is 0 Å². The van der Waals surface area contributed by atoms with Crippen LogP contribution >= 0.6 is 15.9 Å². The monoisotopic (exact) mass is 413 g/mol. The minimum atomic E-state index is -0.368. The van der Waals surface area contributed by atoms with Crippen LogP contribution in [0.4, 0.5) is 4.79 Å². The summed E-state index contributed by atoms with van der Waals surface area (Å²) in [7, 11) is 1.71. The van der Waals surface area contributed by atoms with Crippen LogP contribution in [0.15, 0.2) is 46.9 Å². The first-order chi connectivity index (χ1) is 12.6. The van der Waals surface area contributed by atoms with E-state index in [-0.39, 0.29) is 12.7 Å². The number of nitrogens with zero attached hydrogens (tertiary/aromatic N) is 2. The number of H-pyrrole nitrogens is 1. The fourth-order valence-electron chi connectivity index (χ4n) is 2.99. The van der Waals surface area contributed by atoms with Gasteiger partial charge in [0.15, 0.2) is 0 Å². The molecule has 1 saturated carbocycles. The van der Waals surface area contributed by atoms with Crippen molar-refractivity contribution in [3.8, 4) is 0 Å². The minimum Gasteiger partial charge on any atom is -0.445 e. The smallest absolute Gasteiger partial charge is 0.410 e. The third-order valence-electron chi connectivity index (χ3n) is 4.57. The Balaban J connectivity index is 1.42. The summed E-state index contributed by atoms with van der Waals surface area (Å²) < 4.78 is 6.37. The molecule has 0 bridgehead atoms. The van der Waals surface area contributed by atoms with Gasteiger partial charge in [-0.15, -0.1) is 0 Å². The van der Waals surface area contributed by atoms with Crippen molar-refractivity contribution >= 4 is 33.1 Å². The van der Waals surface area contributed by atoms with Crippen molar-refractivity contribution in [1.29, 1.82) is 0 Å². The normalized spacial score (nSPS) is 13.8. The summed E-state index contributed by atoms with van der Waals surface area (Å²) in [6.45, 7) is 0.633. The van der Waals surface area contributed by atoms with Gasteiger partial charge in [0.05, 0.1) is 17.6 Å². The Bertz CT molecular complexity index is 935. The van der Waals surface area contributed by atoms with E-state index >= 15 is 0 Å². The molecule has 2 aromatic carbocycles. The van der Waals surface area contributed by atoms with E-state index in [0.717, 1.165) is 26.9 Å². The molecular weight excluding hydrogens is 394 g/mol. The summed E-state index contributed by atoms with van der Waals surface area (Å²) in [5.74, 6) is 1.42. The number of rotatable bonds is 5. The van der Waals surface area contributed by atoms with E-state index in [0.29, 0.717) is 12.5 Å². The van der Waals surface area contributed by atoms with Crippen molar-refractivity contribution in [2.45, 2.75) is 31.9 Å². The largest absolute Gasteiger partial charge is 0.445 e. The molecule has 0 saturated heterocycles. The Morgan fingerprint density at radius 3 is 2.81 bits per heavy atom.